The van der Waals surface area contributed by atoms with Crippen molar-refractivity contribution in [2.24, 2.45) is 0 Å². The Morgan fingerprint density at radius 3 is 1.95 bits per heavy atom. The van der Waals surface area contributed by atoms with Gasteiger partial charge in [-0.1, -0.05) is 12.1 Å². The molecule has 3 N–H and O–H groups in total. The van der Waals surface area contributed by atoms with Gasteiger partial charge in [-0.05, 0) is 42.0 Å². The molecule has 1 atom stereocenters. The monoisotopic (exact) mass is 546 g/mol. The number of carboxylic acids is 1. The maximum absolute atomic E-state index is 14.4. The molecule has 0 spiro atoms. The first-order chi connectivity index (χ1) is 17.6. The first-order valence-electron chi connectivity index (χ1n) is 10.2. The number of hydrogen-bond acceptors (Lipinski definition) is 5. The lowest BCUT2D eigenvalue weighted by Crippen LogP contribution is -2.31. The van der Waals surface area contributed by atoms with E-state index < -0.39 is 47.6 Å². The second-order valence-electron chi connectivity index (χ2n) is 7.21. The van der Waals surface area contributed by atoms with Gasteiger partial charge >= 0.3 is 18.3 Å². The number of halogens is 7. The van der Waals surface area contributed by atoms with Gasteiger partial charge in [0.15, 0.2) is 0 Å². The molecular weight excluding hydrogens is 529 g/mol. The Morgan fingerprint density at radius 2 is 1.50 bits per heavy atom. The number of rotatable bonds is 5. The molecule has 0 aliphatic carbocycles. The van der Waals surface area contributed by atoms with Gasteiger partial charge in [0.1, 0.15) is 17.2 Å². The van der Waals surface area contributed by atoms with Crippen molar-refractivity contribution in [3.05, 3.63) is 94.8 Å². The van der Waals surface area contributed by atoms with Crippen LogP contribution in [-0.2, 0) is 11.0 Å². The number of carbonyl (C=O) groups excluding carboxylic acids is 2. The van der Waals surface area contributed by atoms with Crippen molar-refractivity contribution in [3.8, 4) is 0 Å². The summed E-state index contributed by atoms with van der Waals surface area (Å²) in [7, 11) is 1.44. The first kappa shape index (κ1) is 29.7. The fourth-order valence-corrected chi connectivity index (χ4v) is 2.80. The zero-order valence-electron chi connectivity index (χ0n) is 19.1. The minimum Gasteiger partial charge on any atom is -0.475 e. The van der Waals surface area contributed by atoms with Crippen LogP contribution in [-0.4, -0.2) is 46.1 Å². The van der Waals surface area contributed by atoms with E-state index in [4.69, 9.17) is 9.90 Å². The van der Waals surface area contributed by atoms with Crippen molar-refractivity contribution in [2.75, 3.05) is 7.05 Å². The standard InChI is InChI=1S/C21H16F4N4O2.C2HF3O2/c1-26-19(30)13-6-9-16(28-11-13)20(31)29-17(18-15(22)3-2-10-27-18)12-4-7-14(8-5-12)21(23,24)25;3-2(4,5)1(6)7/h2-11,17H,1H3,(H,26,30)(H,29,31);(H,6,7)/t17-;/m0./s1. The maximum atomic E-state index is 14.4. The van der Waals surface area contributed by atoms with E-state index in [1.807, 2.05) is 0 Å². The number of amides is 2. The smallest absolute Gasteiger partial charge is 0.475 e. The van der Waals surface area contributed by atoms with Gasteiger partial charge in [0, 0.05) is 19.4 Å². The van der Waals surface area contributed by atoms with Gasteiger partial charge in [-0.25, -0.2) is 9.18 Å². The van der Waals surface area contributed by atoms with Crippen LogP contribution in [0, 0.1) is 5.82 Å². The van der Waals surface area contributed by atoms with Gasteiger partial charge in [-0.15, -0.1) is 0 Å². The molecule has 0 bridgehead atoms. The van der Waals surface area contributed by atoms with Crippen LogP contribution in [0.1, 0.15) is 43.7 Å². The lowest BCUT2D eigenvalue weighted by molar-refractivity contribution is -0.192. The van der Waals surface area contributed by atoms with Crippen LogP contribution in [0.25, 0.3) is 0 Å². The number of pyridine rings is 2. The number of aliphatic carboxylic acids is 1. The molecule has 8 nitrogen and oxygen atoms in total. The lowest BCUT2D eigenvalue weighted by Gasteiger charge is -2.20. The largest absolute Gasteiger partial charge is 0.490 e. The number of carboxylic acid groups (broad SMARTS) is 1. The van der Waals surface area contributed by atoms with Crippen LogP contribution in [0.15, 0.2) is 60.9 Å². The number of hydrogen-bond donors (Lipinski definition) is 3. The van der Waals surface area contributed by atoms with Crippen molar-refractivity contribution >= 4 is 17.8 Å². The summed E-state index contributed by atoms with van der Waals surface area (Å²) >= 11 is 0. The maximum Gasteiger partial charge on any atom is 0.490 e. The van der Waals surface area contributed by atoms with E-state index >= 15 is 0 Å². The van der Waals surface area contributed by atoms with Crippen molar-refractivity contribution in [2.45, 2.75) is 18.4 Å². The van der Waals surface area contributed by atoms with E-state index in [2.05, 4.69) is 20.6 Å². The number of aromatic nitrogens is 2. The van der Waals surface area contributed by atoms with Crippen LogP contribution >= 0.6 is 0 Å². The molecule has 2 amide bonds. The van der Waals surface area contributed by atoms with Crippen LogP contribution in [0.5, 0.6) is 0 Å². The van der Waals surface area contributed by atoms with E-state index in [0.717, 1.165) is 30.3 Å². The predicted octanol–water partition coefficient (Wildman–Crippen LogP) is 4.15. The molecule has 0 unspecified atom stereocenters. The molecule has 0 radical (unpaired) electrons. The normalized spacial score (nSPS) is 12.0. The molecule has 38 heavy (non-hydrogen) atoms. The lowest BCUT2D eigenvalue weighted by atomic mass is 10.0. The highest BCUT2D eigenvalue weighted by Crippen LogP contribution is 2.31. The molecule has 15 heteroatoms. The fraction of sp³-hybridized carbons (Fsp3) is 0.174. The molecule has 0 saturated heterocycles. The number of carbonyl (C=O) groups is 3. The summed E-state index contributed by atoms with van der Waals surface area (Å²) in [4.78, 5) is 41.0. The summed E-state index contributed by atoms with van der Waals surface area (Å²) in [6.45, 7) is 0. The molecule has 0 aliphatic rings. The Morgan fingerprint density at radius 1 is 0.895 bits per heavy atom. The zero-order chi connectivity index (χ0) is 28.7. The Balaban J connectivity index is 0.000000638. The second-order valence-corrected chi connectivity index (χ2v) is 7.21. The Labute approximate surface area is 209 Å². The van der Waals surface area contributed by atoms with Gasteiger partial charge in [0.05, 0.1) is 17.2 Å². The molecule has 2 aromatic heterocycles. The second kappa shape index (κ2) is 12.1. The first-order valence-corrected chi connectivity index (χ1v) is 10.2. The van der Waals surface area contributed by atoms with Crippen molar-refractivity contribution in [1.82, 2.24) is 20.6 Å². The third-order valence-corrected chi connectivity index (χ3v) is 4.64. The molecule has 3 rings (SSSR count). The molecule has 3 aromatic rings. The van der Waals surface area contributed by atoms with Crippen LogP contribution < -0.4 is 10.6 Å². The highest BCUT2D eigenvalue weighted by Gasteiger charge is 2.38. The molecule has 0 aliphatic heterocycles. The van der Waals surface area contributed by atoms with Gasteiger partial charge in [-0.2, -0.15) is 26.3 Å². The van der Waals surface area contributed by atoms with Crippen LogP contribution in [0.3, 0.4) is 0 Å². The van der Waals surface area contributed by atoms with E-state index in [1.165, 1.54) is 37.6 Å². The van der Waals surface area contributed by atoms with Gasteiger partial charge < -0.3 is 15.7 Å². The number of nitrogens with one attached hydrogen (secondary N) is 2. The SMILES string of the molecule is CNC(=O)c1ccc(C(=O)N[C@@H](c2ccc(C(F)(F)F)cc2)c2ncccc2F)nc1.O=C(O)C(F)(F)F. The minimum atomic E-state index is -5.08. The highest BCUT2D eigenvalue weighted by atomic mass is 19.4. The minimum absolute atomic E-state index is 0.0686. The average Bonchev–Trinajstić information content (AvgIpc) is 2.86. The van der Waals surface area contributed by atoms with E-state index in [-0.39, 0.29) is 22.5 Å². The quantitative estimate of drug-likeness (QED) is 0.414. The summed E-state index contributed by atoms with van der Waals surface area (Å²) in [5.41, 5.74) is -0.692. The fourth-order valence-electron chi connectivity index (χ4n) is 2.80. The predicted molar refractivity (Wildman–Crippen MR) is 116 cm³/mol. The Hall–Kier alpha value is -4.56. The molecule has 0 fully saturated rings. The van der Waals surface area contributed by atoms with E-state index in [1.54, 1.807) is 0 Å². The Kier molecular flexibility index (Phi) is 9.46. The molecule has 202 valence electrons. The van der Waals surface area contributed by atoms with Crippen molar-refractivity contribution in [1.29, 1.82) is 0 Å². The van der Waals surface area contributed by atoms with Gasteiger partial charge in [-0.3, -0.25) is 19.6 Å². The summed E-state index contributed by atoms with van der Waals surface area (Å²) < 4.78 is 84.7. The van der Waals surface area contributed by atoms with Crippen LogP contribution in [0.2, 0.25) is 0 Å². The topological polar surface area (TPSA) is 121 Å². The van der Waals surface area contributed by atoms with Gasteiger partial charge in [0.25, 0.3) is 11.8 Å². The van der Waals surface area contributed by atoms with Crippen LogP contribution in [0.4, 0.5) is 30.7 Å². The zero-order valence-corrected chi connectivity index (χ0v) is 19.1. The third-order valence-electron chi connectivity index (χ3n) is 4.64. The van der Waals surface area contributed by atoms with Crippen molar-refractivity contribution < 1.29 is 50.2 Å². The van der Waals surface area contributed by atoms with E-state index in [9.17, 15) is 40.3 Å². The molecule has 0 saturated carbocycles. The van der Waals surface area contributed by atoms with Crippen molar-refractivity contribution in [3.63, 3.8) is 0 Å². The summed E-state index contributed by atoms with van der Waals surface area (Å²) in [6.07, 6.45) is -7.12. The summed E-state index contributed by atoms with van der Waals surface area (Å²) in [5.74, 6) is -4.61. The highest BCUT2D eigenvalue weighted by molar-refractivity contribution is 5.96. The number of alkyl halides is 6. The van der Waals surface area contributed by atoms with E-state index in [0.29, 0.717) is 0 Å². The molecular formula is C23H17F7N4O4. The summed E-state index contributed by atoms with van der Waals surface area (Å²) in [6, 6.07) is 7.96. The number of benzene rings is 1. The Bertz CT molecular complexity index is 1280. The number of nitrogens with zero attached hydrogens (tertiary/aromatic N) is 2. The third kappa shape index (κ3) is 7.97. The summed E-state index contributed by atoms with van der Waals surface area (Å²) in [5, 5.41) is 12.1. The average molecular weight is 546 g/mol. The molecule has 1 aromatic carbocycles. The molecule has 2 heterocycles. The van der Waals surface area contributed by atoms with Gasteiger partial charge in [0.2, 0.25) is 0 Å².